The second-order valence-corrected chi connectivity index (χ2v) is 17.1. The molecule has 4 aliphatic rings. The molecule has 1 saturated carbocycles. The highest BCUT2D eigenvalue weighted by Gasteiger charge is 2.44. The lowest BCUT2D eigenvalue weighted by Gasteiger charge is -2.46. The molecule has 1 fully saturated rings. The Labute approximate surface area is 300 Å². The number of allylic oxidation sites excluding steroid dienone is 1. The number of carbonyl (C=O) groups is 1. The van der Waals surface area contributed by atoms with Crippen molar-refractivity contribution in [1.82, 2.24) is 14.5 Å². The van der Waals surface area contributed by atoms with Crippen LogP contribution in [0.3, 0.4) is 0 Å². The number of nitrogens with zero attached hydrogens (tertiary/aromatic N) is 4. The fourth-order valence-electron chi connectivity index (χ4n) is 8.39. The molecule has 1 aromatic heterocycles. The van der Waals surface area contributed by atoms with Gasteiger partial charge >= 0.3 is 0 Å². The third-order valence-electron chi connectivity index (χ3n) is 11.1. The summed E-state index contributed by atoms with van der Waals surface area (Å²) in [4.78, 5) is 16.5. The van der Waals surface area contributed by atoms with Gasteiger partial charge in [0.1, 0.15) is 15.7 Å². The molecule has 268 valence electrons. The Bertz CT molecular complexity index is 1900. The van der Waals surface area contributed by atoms with Gasteiger partial charge in [0.2, 0.25) is 5.88 Å². The smallest absolute Gasteiger partial charge is 0.286 e. The molecule has 0 saturated heterocycles. The summed E-state index contributed by atoms with van der Waals surface area (Å²) in [6.45, 7) is 4.33. The van der Waals surface area contributed by atoms with Gasteiger partial charge in [-0.3, -0.25) is 9.48 Å². The van der Waals surface area contributed by atoms with E-state index in [9.17, 15) is 9.00 Å². The molecule has 6 atom stereocenters. The van der Waals surface area contributed by atoms with Gasteiger partial charge in [0.05, 0.1) is 25.5 Å². The van der Waals surface area contributed by atoms with Crippen molar-refractivity contribution in [2.45, 2.75) is 63.5 Å². The van der Waals surface area contributed by atoms with Crippen LogP contribution in [-0.4, -0.2) is 65.7 Å². The first-order chi connectivity index (χ1) is 24.1. The first kappa shape index (κ1) is 35.0. The molecule has 1 N–H and O–H groups in total. The minimum Gasteiger partial charge on any atom is -0.490 e. The Hall–Kier alpha value is -3.38. The van der Waals surface area contributed by atoms with Crippen molar-refractivity contribution >= 4 is 33.1 Å². The van der Waals surface area contributed by atoms with E-state index >= 15 is 0 Å². The van der Waals surface area contributed by atoms with Crippen LogP contribution in [0.25, 0.3) is 0 Å². The number of hydrogen-bond acceptors (Lipinski definition) is 7. The van der Waals surface area contributed by atoms with Crippen LogP contribution >= 0.6 is 11.6 Å². The molecule has 1 spiro atoms. The lowest BCUT2D eigenvalue weighted by Crippen LogP contribution is -2.49. The molecule has 0 radical (unpaired) electrons. The number of fused-ring (bicyclic) bond motifs is 4. The summed E-state index contributed by atoms with van der Waals surface area (Å²) in [5.41, 5.74) is 4.35. The topological polar surface area (TPSA) is 107 Å². The number of amides is 1. The quantitative estimate of drug-likeness (QED) is 0.300. The van der Waals surface area contributed by atoms with Crippen molar-refractivity contribution in [3.63, 3.8) is 0 Å². The Balaban J connectivity index is 1.29. The van der Waals surface area contributed by atoms with Crippen molar-refractivity contribution in [2.24, 2.45) is 29.2 Å². The minimum atomic E-state index is -3.19. The van der Waals surface area contributed by atoms with Crippen molar-refractivity contribution < 1.29 is 23.2 Å². The van der Waals surface area contributed by atoms with Gasteiger partial charge in [-0.15, -0.1) is 9.46 Å². The summed E-state index contributed by atoms with van der Waals surface area (Å²) in [5.74, 6) is 1.64. The lowest BCUT2D eigenvalue weighted by molar-refractivity contribution is 0.0131. The van der Waals surface area contributed by atoms with E-state index in [0.717, 1.165) is 67.2 Å². The van der Waals surface area contributed by atoms with Gasteiger partial charge in [0.25, 0.3) is 5.91 Å². The summed E-state index contributed by atoms with van der Waals surface area (Å²) < 4.78 is 42.0. The average molecular weight is 722 g/mol. The predicted molar refractivity (Wildman–Crippen MR) is 197 cm³/mol. The first-order valence-corrected chi connectivity index (χ1v) is 19.8. The van der Waals surface area contributed by atoms with Crippen molar-refractivity contribution in [3.8, 4) is 11.6 Å². The summed E-state index contributed by atoms with van der Waals surface area (Å²) in [6.07, 6.45) is 12.1. The number of benzene rings is 2. The third kappa shape index (κ3) is 7.07. The number of rotatable bonds is 5. The molecule has 50 heavy (non-hydrogen) atoms. The Morgan fingerprint density at radius 3 is 2.82 bits per heavy atom. The van der Waals surface area contributed by atoms with E-state index in [4.69, 9.17) is 25.8 Å². The zero-order chi connectivity index (χ0) is 35.0. The standard InChI is InChI=1S/C38H48ClN5O5S/c1-25-7-5-9-34(47-3)31-13-10-28(31)21-44-23-38(16-6-8-26-17-30(39)12-14-32(26)38)24-49-35-15-11-27(18-33(35)44)36(45)42-50(46,22-25)40-19-29-20-43(2)41-37(29)48-4/h5,9,11-12,14-15,17-18,20,25,28,31,34H,6-8,10,13,16,19,21-24H2,1-4H3,(H,40,42,45,46)/b9-5+/t25-,28-,31+,34-,38-,50?/m0/s1. The highest BCUT2D eigenvalue weighted by Crippen LogP contribution is 2.47. The number of methoxy groups -OCH3 is 2. The zero-order valence-corrected chi connectivity index (χ0v) is 31.0. The lowest BCUT2D eigenvalue weighted by atomic mass is 9.68. The van der Waals surface area contributed by atoms with Gasteiger partial charge in [-0.25, -0.2) is 8.93 Å². The molecule has 1 amide bonds. The molecule has 3 heterocycles. The van der Waals surface area contributed by atoms with Crippen LogP contribution < -0.4 is 19.1 Å². The number of anilines is 1. The van der Waals surface area contributed by atoms with Gasteiger partial charge in [-0.2, -0.15) is 0 Å². The third-order valence-corrected chi connectivity index (χ3v) is 13.4. The predicted octanol–water partition coefficient (Wildman–Crippen LogP) is 6.51. The molecular formula is C38H48ClN5O5S. The molecule has 2 bridgehead atoms. The maximum atomic E-state index is 14.6. The Kier molecular flexibility index (Phi) is 10.0. The summed E-state index contributed by atoms with van der Waals surface area (Å²) in [5, 5.41) is 5.07. The fraction of sp³-hybridized carbons (Fsp3) is 0.526. The largest absolute Gasteiger partial charge is 0.490 e. The van der Waals surface area contributed by atoms with Gasteiger partial charge in [-0.1, -0.05) is 36.7 Å². The van der Waals surface area contributed by atoms with Gasteiger partial charge in [0.15, 0.2) is 0 Å². The van der Waals surface area contributed by atoms with Crippen LogP contribution in [-0.2, 0) is 40.1 Å². The monoisotopic (exact) mass is 721 g/mol. The van der Waals surface area contributed by atoms with Gasteiger partial charge < -0.3 is 19.1 Å². The Morgan fingerprint density at radius 2 is 2.04 bits per heavy atom. The molecule has 2 aromatic carbocycles. The van der Waals surface area contributed by atoms with E-state index in [1.54, 1.807) is 32.0 Å². The van der Waals surface area contributed by atoms with Crippen LogP contribution in [0.4, 0.5) is 5.69 Å². The van der Waals surface area contributed by atoms with Crippen LogP contribution in [0.1, 0.15) is 66.1 Å². The molecule has 2 aliphatic heterocycles. The molecule has 10 nitrogen and oxygen atoms in total. The maximum absolute atomic E-state index is 14.6. The number of hydrogen-bond donors (Lipinski definition) is 1. The zero-order valence-electron chi connectivity index (χ0n) is 29.4. The molecule has 7 rings (SSSR count). The second-order valence-electron chi connectivity index (χ2n) is 14.6. The molecule has 1 unspecified atom stereocenters. The van der Waals surface area contributed by atoms with Gasteiger partial charge in [-0.05, 0) is 97.7 Å². The second kappa shape index (κ2) is 14.3. The van der Waals surface area contributed by atoms with E-state index in [1.807, 2.05) is 31.3 Å². The van der Waals surface area contributed by atoms with Gasteiger partial charge in [0, 0.05) is 67.3 Å². The van der Waals surface area contributed by atoms with E-state index < -0.39 is 15.8 Å². The van der Waals surface area contributed by atoms with Crippen LogP contribution in [0, 0.1) is 17.8 Å². The van der Waals surface area contributed by atoms with E-state index in [0.29, 0.717) is 36.3 Å². The highest BCUT2D eigenvalue weighted by atomic mass is 35.5. The number of aryl methyl sites for hydroxylation is 2. The van der Waals surface area contributed by atoms with Crippen molar-refractivity contribution in [2.75, 3.05) is 44.6 Å². The summed E-state index contributed by atoms with van der Waals surface area (Å²) in [7, 11) is 1.95. The number of carbonyl (C=O) groups excluding carboxylic acids is 1. The first-order valence-electron chi connectivity index (χ1n) is 17.7. The van der Waals surface area contributed by atoms with Crippen LogP contribution in [0.2, 0.25) is 5.02 Å². The van der Waals surface area contributed by atoms with Crippen LogP contribution in [0.15, 0.2) is 59.1 Å². The van der Waals surface area contributed by atoms with Crippen molar-refractivity contribution in [1.29, 1.82) is 0 Å². The summed E-state index contributed by atoms with van der Waals surface area (Å²) >= 11 is 6.46. The fourth-order valence-corrected chi connectivity index (χ4v) is 10.5. The number of ether oxygens (including phenoxy) is 3. The summed E-state index contributed by atoms with van der Waals surface area (Å²) in [6, 6.07) is 11.8. The molecule has 2 aliphatic carbocycles. The number of nitrogens with one attached hydrogen (secondary N) is 1. The minimum absolute atomic E-state index is 0.0124. The van der Waals surface area contributed by atoms with E-state index in [-0.39, 0.29) is 29.7 Å². The number of aromatic nitrogens is 2. The van der Waals surface area contributed by atoms with Crippen molar-refractivity contribution in [3.05, 3.63) is 82.0 Å². The van der Waals surface area contributed by atoms with E-state index in [2.05, 4.69) is 43.4 Å². The SMILES string of the molecule is COc1nn(C)cc1CNS1(=O)=NC(=O)c2ccc3c(c2)N(C[C@@H]2CC[C@H]2[C@@H](OC)/C=C/C[C@H](C)C1)C[C@@]1(CCCc2cc(Cl)ccc21)CO3. The highest BCUT2D eigenvalue weighted by molar-refractivity contribution is 7.92. The maximum Gasteiger partial charge on any atom is 0.286 e. The molecule has 12 heteroatoms. The van der Waals surface area contributed by atoms with E-state index in [1.165, 1.54) is 11.1 Å². The average Bonchev–Trinajstić information content (AvgIpc) is 3.38. The molecule has 3 aromatic rings. The normalized spacial score (nSPS) is 30.3. The van der Waals surface area contributed by atoms with Crippen LogP contribution in [0.5, 0.6) is 11.6 Å². The Morgan fingerprint density at radius 1 is 1.18 bits per heavy atom. The number of halogens is 1. The molecular weight excluding hydrogens is 674 g/mol.